The van der Waals surface area contributed by atoms with Gasteiger partial charge in [0.1, 0.15) is 11.9 Å². The van der Waals surface area contributed by atoms with E-state index in [1.165, 1.54) is 6.42 Å². The molecule has 31 heavy (non-hydrogen) atoms. The van der Waals surface area contributed by atoms with Gasteiger partial charge in [0, 0.05) is 56.6 Å². The van der Waals surface area contributed by atoms with Crippen LogP contribution in [-0.4, -0.2) is 67.1 Å². The number of hydrogen-bond donors (Lipinski definition) is 1. The Hall–Kier alpha value is -1.80. The summed E-state index contributed by atoms with van der Waals surface area (Å²) < 4.78 is 46.0. The van der Waals surface area contributed by atoms with Crippen LogP contribution in [0.5, 0.6) is 5.75 Å². The molecule has 1 amide bonds. The normalized spacial score (nSPS) is 23.4. The van der Waals surface area contributed by atoms with E-state index in [4.69, 9.17) is 4.74 Å². The lowest BCUT2D eigenvalue weighted by Crippen LogP contribution is -2.48. The monoisotopic (exact) mass is 441 g/mol. The third kappa shape index (κ3) is 5.92. The third-order valence-electron chi connectivity index (χ3n) is 6.43. The standard InChI is InChI=1S/C21H28F3N3O2.C2H6/c22-15-11-18(23)20(19(24)12-15)29-17-4-9-27(10-5-17)21(28)14-2-7-26(8-3-14)16-1-6-25-13-16;1-2/h11-12,14,16-17,25H,1-10,13H2;1-2H3. The van der Waals surface area contributed by atoms with E-state index in [1.807, 2.05) is 18.7 Å². The van der Waals surface area contributed by atoms with Gasteiger partial charge in [-0.25, -0.2) is 13.2 Å². The summed E-state index contributed by atoms with van der Waals surface area (Å²) in [4.78, 5) is 17.2. The molecule has 3 heterocycles. The number of nitrogens with zero attached hydrogens (tertiary/aromatic N) is 2. The van der Waals surface area contributed by atoms with Crippen molar-refractivity contribution in [3.8, 4) is 5.75 Å². The topological polar surface area (TPSA) is 44.8 Å². The molecular formula is C23H34F3N3O2. The van der Waals surface area contributed by atoms with Crippen molar-refractivity contribution < 1.29 is 22.7 Å². The van der Waals surface area contributed by atoms with Crippen molar-refractivity contribution in [1.82, 2.24) is 15.1 Å². The van der Waals surface area contributed by atoms with Crippen LogP contribution in [0.4, 0.5) is 13.2 Å². The first-order valence-electron chi connectivity index (χ1n) is 11.6. The van der Waals surface area contributed by atoms with E-state index in [-0.39, 0.29) is 17.9 Å². The van der Waals surface area contributed by atoms with Crippen molar-refractivity contribution in [1.29, 1.82) is 0 Å². The van der Waals surface area contributed by atoms with Gasteiger partial charge in [0.2, 0.25) is 5.91 Å². The SMILES string of the molecule is CC.O=C(C1CCN(C2CCNC2)CC1)N1CCC(Oc2c(F)cc(F)cc2F)CC1. The molecule has 0 aromatic heterocycles. The van der Waals surface area contributed by atoms with Crippen molar-refractivity contribution in [3.63, 3.8) is 0 Å². The van der Waals surface area contributed by atoms with E-state index in [2.05, 4.69) is 10.2 Å². The Balaban J connectivity index is 0.00000132. The van der Waals surface area contributed by atoms with Gasteiger partial charge in [0.05, 0.1) is 0 Å². The molecule has 0 aliphatic carbocycles. The lowest BCUT2D eigenvalue weighted by molar-refractivity contribution is -0.139. The number of piperidine rings is 2. The summed E-state index contributed by atoms with van der Waals surface area (Å²) in [7, 11) is 0. The molecule has 4 rings (SSSR count). The van der Waals surface area contributed by atoms with Gasteiger partial charge in [-0.3, -0.25) is 9.69 Å². The second kappa shape index (κ2) is 11.2. The smallest absolute Gasteiger partial charge is 0.225 e. The van der Waals surface area contributed by atoms with Crippen LogP contribution in [0.2, 0.25) is 0 Å². The minimum atomic E-state index is -1.04. The number of nitrogens with one attached hydrogen (secondary N) is 1. The molecule has 1 aromatic carbocycles. The van der Waals surface area contributed by atoms with E-state index < -0.39 is 23.2 Å². The van der Waals surface area contributed by atoms with Gasteiger partial charge in [-0.2, -0.15) is 0 Å². The van der Waals surface area contributed by atoms with Crippen LogP contribution in [-0.2, 0) is 4.79 Å². The molecule has 0 bridgehead atoms. The van der Waals surface area contributed by atoms with Gasteiger partial charge in [0.25, 0.3) is 0 Å². The van der Waals surface area contributed by atoms with E-state index in [1.54, 1.807) is 0 Å². The Morgan fingerprint density at radius 3 is 2.13 bits per heavy atom. The second-order valence-electron chi connectivity index (χ2n) is 8.30. The Labute approximate surface area is 182 Å². The zero-order valence-corrected chi connectivity index (χ0v) is 18.5. The Bertz CT molecular complexity index is 704. The summed E-state index contributed by atoms with van der Waals surface area (Å²) in [5, 5.41) is 3.39. The molecule has 0 radical (unpaired) electrons. The number of carbonyl (C=O) groups is 1. The Morgan fingerprint density at radius 2 is 1.58 bits per heavy atom. The second-order valence-corrected chi connectivity index (χ2v) is 8.30. The molecule has 0 saturated carbocycles. The van der Waals surface area contributed by atoms with Crippen LogP contribution in [0.1, 0.15) is 46.0 Å². The zero-order chi connectivity index (χ0) is 22.4. The van der Waals surface area contributed by atoms with Crippen molar-refractivity contribution >= 4 is 5.91 Å². The Morgan fingerprint density at radius 1 is 0.968 bits per heavy atom. The average molecular weight is 442 g/mol. The van der Waals surface area contributed by atoms with Gasteiger partial charge in [0.15, 0.2) is 17.4 Å². The molecule has 1 atom stereocenters. The lowest BCUT2D eigenvalue weighted by Gasteiger charge is -2.38. The van der Waals surface area contributed by atoms with Crippen LogP contribution in [0.15, 0.2) is 12.1 Å². The van der Waals surface area contributed by atoms with Crippen LogP contribution >= 0.6 is 0 Å². The maximum atomic E-state index is 13.8. The molecule has 1 N–H and O–H groups in total. The fraction of sp³-hybridized carbons (Fsp3) is 0.696. The number of benzene rings is 1. The molecule has 3 aliphatic heterocycles. The number of likely N-dealkylation sites (tertiary alicyclic amines) is 2. The highest BCUT2D eigenvalue weighted by Crippen LogP contribution is 2.28. The first-order chi connectivity index (χ1) is 15.0. The lowest BCUT2D eigenvalue weighted by atomic mass is 9.93. The number of amides is 1. The van der Waals surface area contributed by atoms with Gasteiger partial charge in [-0.1, -0.05) is 13.8 Å². The average Bonchev–Trinajstić information content (AvgIpc) is 3.33. The van der Waals surface area contributed by atoms with Crippen molar-refractivity contribution in [2.45, 2.75) is 58.1 Å². The summed E-state index contributed by atoms with van der Waals surface area (Å²) in [6, 6.07) is 1.84. The number of hydrogen-bond acceptors (Lipinski definition) is 4. The number of ether oxygens (including phenoxy) is 1. The maximum absolute atomic E-state index is 13.8. The number of halogens is 3. The summed E-state index contributed by atoms with van der Waals surface area (Å²) in [6.45, 7) is 9.08. The Kier molecular flexibility index (Phi) is 8.60. The van der Waals surface area contributed by atoms with Gasteiger partial charge in [-0.15, -0.1) is 0 Å². The summed E-state index contributed by atoms with van der Waals surface area (Å²) in [5.41, 5.74) is 0. The molecule has 1 aromatic rings. The van der Waals surface area contributed by atoms with Crippen molar-refractivity contribution in [2.75, 3.05) is 39.3 Å². The molecule has 174 valence electrons. The predicted molar refractivity (Wildman–Crippen MR) is 113 cm³/mol. The predicted octanol–water partition coefficient (Wildman–Crippen LogP) is 3.57. The quantitative estimate of drug-likeness (QED) is 0.776. The van der Waals surface area contributed by atoms with Gasteiger partial charge >= 0.3 is 0 Å². The molecule has 0 spiro atoms. The molecule has 3 aliphatic rings. The van der Waals surface area contributed by atoms with E-state index in [0.29, 0.717) is 44.1 Å². The fourth-order valence-electron chi connectivity index (χ4n) is 4.72. The molecule has 3 fully saturated rings. The highest BCUT2D eigenvalue weighted by molar-refractivity contribution is 5.79. The summed E-state index contributed by atoms with van der Waals surface area (Å²) in [5.74, 6) is -3.33. The molecular weight excluding hydrogens is 407 g/mol. The number of rotatable bonds is 4. The molecule has 5 nitrogen and oxygen atoms in total. The number of carbonyl (C=O) groups excluding carboxylic acids is 1. The first kappa shape index (κ1) is 23.9. The summed E-state index contributed by atoms with van der Waals surface area (Å²) in [6.07, 6.45) is 3.59. The fourth-order valence-corrected chi connectivity index (χ4v) is 4.72. The van der Waals surface area contributed by atoms with Gasteiger partial charge < -0.3 is 15.0 Å². The largest absolute Gasteiger partial charge is 0.484 e. The van der Waals surface area contributed by atoms with E-state index in [9.17, 15) is 18.0 Å². The van der Waals surface area contributed by atoms with Crippen molar-refractivity contribution in [2.24, 2.45) is 5.92 Å². The van der Waals surface area contributed by atoms with Gasteiger partial charge in [-0.05, 0) is 38.9 Å². The highest BCUT2D eigenvalue weighted by Gasteiger charge is 2.34. The molecule has 3 saturated heterocycles. The summed E-state index contributed by atoms with van der Waals surface area (Å²) >= 11 is 0. The highest BCUT2D eigenvalue weighted by atomic mass is 19.1. The first-order valence-corrected chi connectivity index (χ1v) is 11.6. The van der Waals surface area contributed by atoms with Crippen LogP contribution in [0.3, 0.4) is 0 Å². The van der Waals surface area contributed by atoms with E-state index >= 15 is 0 Å². The van der Waals surface area contributed by atoms with Crippen LogP contribution < -0.4 is 10.1 Å². The van der Waals surface area contributed by atoms with Crippen molar-refractivity contribution in [3.05, 3.63) is 29.6 Å². The molecule has 1 unspecified atom stereocenters. The van der Waals surface area contributed by atoms with Crippen LogP contribution in [0.25, 0.3) is 0 Å². The minimum Gasteiger partial charge on any atom is -0.484 e. The third-order valence-corrected chi connectivity index (χ3v) is 6.43. The maximum Gasteiger partial charge on any atom is 0.225 e. The molecule has 8 heteroatoms. The van der Waals surface area contributed by atoms with Crippen LogP contribution in [0, 0.1) is 23.4 Å². The van der Waals surface area contributed by atoms with E-state index in [0.717, 1.165) is 39.0 Å². The minimum absolute atomic E-state index is 0.0602. The zero-order valence-electron chi connectivity index (χ0n) is 18.5.